The Morgan fingerprint density at radius 3 is 2.45 bits per heavy atom. The van der Waals surface area contributed by atoms with Gasteiger partial charge in [-0.25, -0.2) is 4.39 Å². The van der Waals surface area contributed by atoms with Crippen LogP contribution in [-0.2, 0) is 4.79 Å². The first-order valence-corrected chi connectivity index (χ1v) is 7.44. The number of hydrogen-bond acceptors (Lipinski definition) is 2. The quantitative estimate of drug-likeness (QED) is 0.830. The van der Waals surface area contributed by atoms with Crippen LogP contribution in [-0.4, -0.2) is 12.5 Å². The molecule has 0 heterocycles. The number of anilines is 2. The lowest BCUT2D eigenvalue weighted by molar-refractivity contribution is -0.115. The topological polar surface area (TPSA) is 41.1 Å². The van der Waals surface area contributed by atoms with Gasteiger partial charge in [-0.2, -0.15) is 0 Å². The molecule has 0 fully saturated rings. The molecule has 22 heavy (non-hydrogen) atoms. The number of nitrogens with one attached hydrogen (secondary N) is 2. The summed E-state index contributed by atoms with van der Waals surface area (Å²) >= 11 is 0. The summed E-state index contributed by atoms with van der Waals surface area (Å²) in [6, 6.07) is 13.9. The molecule has 0 aliphatic carbocycles. The summed E-state index contributed by atoms with van der Waals surface area (Å²) in [5.41, 5.74) is 2.91. The van der Waals surface area contributed by atoms with Crippen LogP contribution in [0.3, 0.4) is 0 Å². The van der Waals surface area contributed by atoms with Crippen molar-refractivity contribution in [1.82, 2.24) is 0 Å². The minimum absolute atomic E-state index is 0.0962. The summed E-state index contributed by atoms with van der Waals surface area (Å²) in [5.74, 6) is 0.0165. The molecular formula is C18H21FN2O. The van der Waals surface area contributed by atoms with Crippen molar-refractivity contribution in [2.45, 2.75) is 26.2 Å². The monoisotopic (exact) mass is 300 g/mol. The zero-order valence-electron chi connectivity index (χ0n) is 12.9. The van der Waals surface area contributed by atoms with Gasteiger partial charge in [0, 0.05) is 24.3 Å². The van der Waals surface area contributed by atoms with Gasteiger partial charge < -0.3 is 10.6 Å². The molecule has 0 bridgehead atoms. The van der Waals surface area contributed by atoms with Crippen molar-refractivity contribution in [3.05, 3.63) is 59.9 Å². The van der Waals surface area contributed by atoms with Crippen LogP contribution in [0.25, 0.3) is 0 Å². The Hall–Kier alpha value is -2.36. The molecule has 0 aromatic heterocycles. The van der Waals surface area contributed by atoms with Crippen molar-refractivity contribution in [2.75, 3.05) is 17.2 Å². The highest BCUT2D eigenvalue weighted by Crippen LogP contribution is 2.23. The maximum absolute atomic E-state index is 12.8. The number of carbonyl (C=O) groups is 1. The summed E-state index contributed by atoms with van der Waals surface area (Å²) in [6.45, 7) is 4.83. The fraction of sp³-hybridized carbons (Fsp3) is 0.278. The molecule has 2 aromatic rings. The largest absolute Gasteiger partial charge is 0.384 e. The van der Waals surface area contributed by atoms with Gasteiger partial charge in [0.1, 0.15) is 5.82 Å². The molecule has 0 radical (unpaired) electrons. The van der Waals surface area contributed by atoms with Crippen LogP contribution in [0.4, 0.5) is 15.8 Å². The Morgan fingerprint density at radius 2 is 1.77 bits per heavy atom. The van der Waals surface area contributed by atoms with E-state index in [1.165, 1.54) is 17.7 Å². The Bertz CT molecular complexity index is 623. The van der Waals surface area contributed by atoms with E-state index in [9.17, 15) is 9.18 Å². The fourth-order valence-electron chi connectivity index (χ4n) is 2.23. The lowest BCUT2D eigenvalue weighted by Crippen LogP contribution is -2.16. The molecular weight excluding hydrogens is 279 g/mol. The first-order chi connectivity index (χ1) is 10.6. The SMILES string of the molecule is CC(C)c1ccccc1NCCC(=O)Nc1ccc(F)cc1. The van der Waals surface area contributed by atoms with Gasteiger partial charge in [-0.15, -0.1) is 0 Å². The van der Waals surface area contributed by atoms with E-state index in [2.05, 4.69) is 30.5 Å². The average molecular weight is 300 g/mol. The molecule has 0 atom stereocenters. The van der Waals surface area contributed by atoms with Crippen molar-refractivity contribution >= 4 is 17.3 Å². The van der Waals surface area contributed by atoms with Gasteiger partial charge >= 0.3 is 0 Å². The van der Waals surface area contributed by atoms with Gasteiger partial charge in [0.2, 0.25) is 5.91 Å². The van der Waals surface area contributed by atoms with E-state index >= 15 is 0 Å². The minimum atomic E-state index is -0.315. The van der Waals surface area contributed by atoms with E-state index in [1.54, 1.807) is 12.1 Å². The molecule has 0 spiro atoms. The van der Waals surface area contributed by atoms with Gasteiger partial charge in [-0.3, -0.25) is 4.79 Å². The fourth-order valence-corrected chi connectivity index (χ4v) is 2.23. The van der Waals surface area contributed by atoms with E-state index in [1.807, 2.05) is 18.2 Å². The van der Waals surface area contributed by atoms with Gasteiger partial charge in [-0.1, -0.05) is 32.0 Å². The van der Waals surface area contributed by atoms with Crippen LogP contribution in [0, 0.1) is 5.82 Å². The van der Waals surface area contributed by atoms with Crippen molar-refractivity contribution < 1.29 is 9.18 Å². The van der Waals surface area contributed by atoms with Crippen LogP contribution in [0.2, 0.25) is 0 Å². The Balaban J connectivity index is 1.83. The average Bonchev–Trinajstić information content (AvgIpc) is 2.50. The summed E-state index contributed by atoms with van der Waals surface area (Å²) in [4.78, 5) is 11.9. The van der Waals surface area contributed by atoms with Crippen molar-refractivity contribution in [1.29, 1.82) is 0 Å². The highest BCUT2D eigenvalue weighted by Gasteiger charge is 2.06. The van der Waals surface area contributed by atoms with E-state index < -0.39 is 0 Å². The third-order valence-corrected chi connectivity index (χ3v) is 3.38. The summed E-state index contributed by atoms with van der Waals surface area (Å²) < 4.78 is 12.8. The molecule has 0 aliphatic rings. The number of rotatable bonds is 6. The third kappa shape index (κ3) is 4.58. The Labute approximate surface area is 130 Å². The lowest BCUT2D eigenvalue weighted by Gasteiger charge is -2.14. The Morgan fingerprint density at radius 1 is 1.09 bits per heavy atom. The molecule has 0 saturated carbocycles. The second kappa shape index (κ2) is 7.59. The molecule has 2 rings (SSSR count). The predicted octanol–water partition coefficient (Wildman–Crippen LogP) is 4.39. The summed E-state index contributed by atoms with van der Waals surface area (Å²) in [7, 11) is 0. The number of hydrogen-bond donors (Lipinski definition) is 2. The number of carbonyl (C=O) groups excluding carboxylic acids is 1. The number of benzene rings is 2. The van der Waals surface area contributed by atoms with Crippen LogP contribution in [0.5, 0.6) is 0 Å². The van der Waals surface area contributed by atoms with Crippen molar-refractivity contribution in [3.8, 4) is 0 Å². The normalized spacial score (nSPS) is 10.5. The molecule has 1 amide bonds. The zero-order valence-corrected chi connectivity index (χ0v) is 12.9. The highest BCUT2D eigenvalue weighted by atomic mass is 19.1. The molecule has 0 aliphatic heterocycles. The highest BCUT2D eigenvalue weighted by molar-refractivity contribution is 5.90. The molecule has 0 unspecified atom stereocenters. The number of halogens is 1. The Kier molecular flexibility index (Phi) is 5.53. The van der Waals surface area contributed by atoms with E-state index in [-0.39, 0.29) is 11.7 Å². The number of amides is 1. The first-order valence-electron chi connectivity index (χ1n) is 7.44. The second-order valence-electron chi connectivity index (χ2n) is 5.47. The maximum Gasteiger partial charge on any atom is 0.226 e. The summed E-state index contributed by atoms with van der Waals surface area (Å²) in [5, 5.41) is 6.05. The third-order valence-electron chi connectivity index (χ3n) is 3.38. The first kappa shape index (κ1) is 16.0. The van der Waals surface area contributed by atoms with Gasteiger partial charge in [0.25, 0.3) is 0 Å². The lowest BCUT2D eigenvalue weighted by atomic mass is 10.0. The van der Waals surface area contributed by atoms with Crippen molar-refractivity contribution in [3.63, 3.8) is 0 Å². The molecule has 3 nitrogen and oxygen atoms in total. The maximum atomic E-state index is 12.8. The summed E-state index contributed by atoms with van der Waals surface area (Å²) in [6.07, 6.45) is 0.351. The van der Waals surface area contributed by atoms with Crippen LogP contribution >= 0.6 is 0 Å². The molecule has 2 aromatic carbocycles. The predicted molar refractivity (Wildman–Crippen MR) is 88.7 cm³/mol. The van der Waals surface area contributed by atoms with Crippen molar-refractivity contribution in [2.24, 2.45) is 0 Å². The second-order valence-corrected chi connectivity index (χ2v) is 5.47. The molecule has 0 saturated heterocycles. The van der Waals surface area contributed by atoms with Crippen LogP contribution < -0.4 is 10.6 Å². The smallest absolute Gasteiger partial charge is 0.226 e. The van der Waals surface area contributed by atoms with Crippen LogP contribution in [0.1, 0.15) is 31.7 Å². The van der Waals surface area contributed by atoms with Crippen LogP contribution in [0.15, 0.2) is 48.5 Å². The molecule has 4 heteroatoms. The van der Waals surface area contributed by atoms with Gasteiger partial charge in [0.05, 0.1) is 0 Å². The molecule has 116 valence electrons. The number of para-hydroxylation sites is 1. The minimum Gasteiger partial charge on any atom is -0.384 e. The molecule has 2 N–H and O–H groups in total. The van der Waals surface area contributed by atoms with Gasteiger partial charge in [-0.05, 0) is 41.8 Å². The standard InChI is InChI=1S/C18H21FN2O/c1-13(2)16-5-3-4-6-17(16)20-12-11-18(22)21-15-9-7-14(19)8-10-15/h3-10,13,20H,11-12H2,1-2H3,(H,21,22). The van der Waals surface area contributed by atoms with Gasteiger partial charge in [0.15, 0.2) is 0 Å². The zero-order chi connectivity index (χ0) is 15.9. The van der Waals surface area contributed by atoms with E-state index in [0.29, 0.717) is 24.6 Å². The van der Waals surface area contributed by atoms with E-state index in [4.69, 9.17) is 0 Å². The van der Waals surface area contributed by atoms with E-state index in [0.717, 1.165) is 5.69 Å².